The molecule has 15 heavy (non-hydrogen) atoms. The maximum Gasteiger partial charge on any atom is 0.414 e. The minimum absolute atomic E-state index is 0.244. The van der Waals surface area contributed by atoms with Crippen molar-refractivity contribution in [3.05, 3.63) is 11.9 Å². The highest BCUT2D eigenvalue weighted by atomic mass is 16.6. The molecule has 1 saturated heterocycles. The Balaban J connectivity index is 1.97. The van der Waals surface area contributed by atoms with E-state index in [1.54, 1.807) is 4.90 Å². The van der Waals surface area contributed by atoms with Gasteiger partial charge in [0.25, 0.3) is 0 Å². The van der Waals surface area contributed by atoms with Crippen LogP contribution in [0.5, 0.6) is 0 Å². The highest BCUT2D eigenvalue weighted by molar-refractivity contribution is 5.70. The van der Waals surface area contributed by atoms with E-state index in [-0.39, 0.29) is 6.09 Å². The molecule has 0 unspecified atom stereocenters. The van der Waals surface area contributed by atoms with Crippen molar-refractivity contribution in [3.8, 4) is 0 Å². The number of nitrogens with one attached hydrogen (secondary N) is 1. The first kappa shape index (κ1) is 10.3. The second-order valence-electron chi connectivity index (χ2n) is 5.13. The third kappa shape index (κ3) is 2.25. The van der Waals surface area contributed by atoms with Gasteiger partial charge in [0.05, 0.1) is 0 Å². The van der Waals surface area contributed by atoms with Gasteiger partial charge >= 0.3 is 6.09 Å². The first-order valence-electron chi connectivity index (χ1n) is 5.41. The first-order chi connectivity index (χ1) is 6.96. The van der Waals surface area contributed by atoms with E-state index in [0.717, 1.165) is 19.5 Å². The average Bonchev–Trinajstić information content (AvgIpc) is 2.56. The van der Waals surface area contributed by atoms with Crippen molar-refractivity contribution in [1.82, 2.24) is 10.2 Å². The van der Waals surface area contributed by atoms with Gasteiger partial charge in [-0.2, -0.15) is 0 Å². The Morgan fingerprint density at radius 3 is 2.93 bits per heavy atom. The van der Waals surface area contributed by atoms with Gasteiger partial charge in [0, 0.05) is 30.9 Å². The van der Waals surface area contributed by atoms with E-state index in [4.69, 9.17) is 4.74 Å². The summed E-state index contributed by atoms with van der Waals surface area (Å²) in [6, 6.07) is 0. The van der Waals surface area contributed by atoms with Gasteiger partial charge in [-0.05, 0) is 27.2 Å². The maximum atomic E-state index is 11.7. The summed E-state index contributed by atoms with van der Waals surface area (Å²) in [6.07, 6.45) is 2.75. The number of rotatable bonds is 0. The Bertz CT molecular complexity index is 304. The van der Waals surface area contributed by atoms with Crippen LogP contribution >= 0.6 is 0 Å². The van der Waals surface area contributed by atoms with Crippen LogP contribution in [0.4, 0.5) is 4.79 Å². The van der Waals surface area contributed by atoms with Gasteiger partial charge in [0.1, 0.15) is 5.60 Å². The van der Waals surface area contributed by atoms with E-state index in [9.17, 15) is 4.79 Å². The third-order valence-electron chi connectivity index (χ3n) is 2.60. The highest BCUT2D eigenvalue weighted by Gasteiger charge is 2.33. The number of fused-ring (bicyclic) bond motifs is 1. The smallest absolute Gasteiger partial charge is 0.414 e. The summed E-state index contributed by atoms with van der Waals surface area (Å²) in [5.41, 5.74) is 0.765. The van der Waals surface area contributed by atoms with Gasteiger partial charge in [-0.25, -0.2) is 4.79 Å². The predicted octanol–water partition coefficient (Wildman–Crippen LogP) is 1.69. The minimum Gasteiger partial charge on any atom is -0.443 e. The molecule has 2 rings (SSSR count). The van der Waals surface area contributed by atoms with Crippen LogP contribution in [0.1, 0.15) is 27.2 Å². The fourth-order valence-corrected chi connectivity index (χ4v) is 1.94. The van der Waals surface area contributed by atoms with Gasteiger partial charge in [-0.15, -0.1) is 0 Å². The molecular formula is C11H18N2O2. The molecule has 2 aliphatic rings. The zero-order valence-electron chi connectivity index (χ0n) is 9.54. The van der Waals surface area contributed by atoms with Crippen molar-refractivity contribution in [3.63, 3.8) is 0 Å². The van der Waals surface area contributed by atoms with E-state index in [2.05, 4.69) is 5.32 Å². The van der Waals surface area contributed by atoms with Crippen molar-refractivity contribution in [2.24, 2.45) is 5.92 Å². The van der Waals surface area contributed by atoms with Crippen LogP contribution < -0.4 is 5.32 Å². The quantitative estimate of drug-likeness (QED) is 0.661. The minimum atomic E-state index is -0.416. The lowest BCUT2D eigenvalue weighted by Gasteiger charge is -2.23. The zero-order valence-corrected chi connectivity index (χ0v) is 9.54. The summed E-state index contributed by atoms with van der Waals surface area (Å²) in [5, 5.41) is 3.28. The van der Waals surface area contributed by atoms with E-state index in [0.29, 0.717) is 5.92 Å². The van der Waals surface area contributed by atoms with Crippen LogP contribution in [0.25, 0.3) is 0 Å². The van der Waals surface area contributed by atoms with Crippen LogP contribution in [-0.2, 0) is 4.74 Å². The molecule has 0 aromatic rings. The van der Waals surface area contributed by atoms with E-state index in [1.165, 1.54) is 5.70 Å². The molecule has 2 heterocycles. The van der Waals surface area contributed by atoms with Crippen molar-refractivity contribution < 1.29 is 9.53 Å². The molecule has 0 spiro atoms. The van der Waals surface area contributed by atoms with Crippen LogP contribution in [0, 0.1) is 5.92 Å². The van der Waals surface area contributed by atoms with Crippen LogP contribution in [0.15, 0.2) is 11.9 Å². The molecule has 1 N–H and O–H groups in total. The Labute approximate surface area is 90.3 Å². The van der Waals surface area contributed by atoms with Gasteiger partial charge in [0.15, 0.2) is 0 Å². The molecular weight excluding hydrogens is 192 g/mol. The lowest BCUT2D eigenvalue weighted by Crippen LogP contribution is -2.33. The Morgan fingerprint density at radius 1 is 1.60 bits per heavy atom. The molecule has 4 nitrogen and oxygen atoms in total. The monoisotopic (exact) mass is 210 g/mol. The second kappa shape index (κ2) is 3.43. The Hall–Kier alpha value is -1.19. The molecule has 1 amide bonds. The van der Waals surface area contributed by atoms with Crippen molar-refractivity contribution in [2.75, 3.05) is 13.1 Å². The first-order valence-corrected chi connectivity index (χ1v) is 5.41. The standard InChI is InChI=1S/C11H18N2O2/c1-11(2,3)15-10(14)13-6-8-4-5-12-9(8)7-13/h7-8,12H,4-6H2,1-3H3/t8-/m1/s1. The maximum absolute atomic E-state index is 11.7. The molecule has 1 atom stereocenters. The largest absolute Gasteiger partial charge is 0.443 e. The summed E-state index contributed by atoms with van der Waals surface area (Å²) in [4.78, 5) is 13.4. The zero-order chi connectivity index (χ0) is 11.1. The fraction of sp³-hybridized carbons (Fsp3) is 0.727. The lowest BCUT2D eigenvalue weighted by atomic mass is 10.1. The molecule has 84 valence electrons. The molecule has 0 aromatic carbocycles. The molecule has 0 aliphatic carbocycles. The summed E-state index contributed by atoms with van der Waals surface area (Å²) < 4.78 is 5.30. The predicted molar refractivity (Wildman–Crippen MR) is 57.1 cm³/mol. The van der Waals surface area contributed by atoms with Crippen molar-refractivity contribution in [2.45, 2.75) is 32.8 Å². The second-order valence-corrected chi connectivity index (χ2v) is 5.13. The van der Waals surface area contributed by atoms with Crippen LogP contribution in [0.3, 0.4) is 0 Å². The normalized spacial score (nSPS) is 24.6. The fourth-order valence-electron chi connectivity index (χ4n) is 1.94. The van der Waals surface area contributed by atoms with E-state index < -0.39 is 5.60 Å². The Kier molecular flexibility index (Phi) is 2.37. The highest BCUT2D eigenvalue weighted by Crippen LogP contribution is 2.27. The molecule has 1 fully saturated rings. The SMILES string of the molecule is CC(C)(C)OC(=O)N1C=C2NCC[C@@H]2C1. The lowest BCUT2D eigenvalue weighted by molar-refractivity contribution is 0.0338. The van der Waals surface area contributed by atoms with Crippen molar-refractivity contribution in [1.29, 1.82) is 0 Å². The van der Waals surface area contributed by atoms with Gasteiger partial charge < -0.3 is 10.1 Å². The van der Waals surface area contributed by atoms with Gasteiger partial charge in [-0.3, -0.25) is 4.90 Å². The number of amides is 1. The van der Waals surface area contributed by atoms with E-state index >= 15 is 0 Å². The molecule has 0 bridgehead atoms. The number of nitrogens with zero attached hydrogens (tertiary/aromatic N) is 1. The summed E-state index contributed by atoms with van der Waals surface area (Å²) in [5.74, 6) is 0.498. The molecule has 2 aliphatic heterocycles. The number of hydrogen-bond acceptors (Lipinski definition) is 3. The molecule has 0 aromatic heterocycles. The molecule has 0 radical (unpaired) electrons. The topological polar surface area (TPSA) is 41.6 Å². The number of carbonyl (C=O) groups excluding carboxylic acids is 1. The average molecular weight is 210 g/mol. The van der Waals surface area contributed by atoms with Gasteiger partial charge in [-0.1, -0.05) is 0 Å². The summed E-state index contributed by atoms with van der Waals surface area (Å²) >= 11 is 0. The van der Waals surface area contributed by atoms with E-state index in [1.807, 2.05) is 27.0 Å². The molecule has 0 saturated carbocycles. The van der Waals surface area contributed by atoms with Crippen LogP contribution in [-0.4, -0.2) is 29.7 Å². The summed E-state index contributed by atoms with van der Waals surface area (Å²) in [7, 11) is 0. The van der Waals surface area contributed by atoms with Gasteiger partial charge in [0.2, 0.25) is 0 Å². The number of carbonyl (C=O) groups is 1. The molecule has 4 heteroatoms. The number of hydrogen-bond donors (Lipinski definition) is 1. The number of ether oxygens (including phenoxy) is 1. The Morgan fingerprint density at radius 2 is 2.33 bits per heavy atom. The van der Waals surface area contributed by atoms with Crippen molar-refractivity contribution >= 4 is 6.09 Å². The van der Waals surface area contributed by atoms with Crippen LogP contribution in [0.2, 0.25) is 0 Å². The summed E-state index contributed by atoms with van der Waals surface area (Å²) in [6.45, 7) is 7.43. The third-order valence-corrected chi connectivity index (χ3v) is 2.60.